The summed E-state index contributed by atoms with van der Waals surface area (Å²) in [7, 11) is 0. The molecule has 4 nitrogen and oxygen atoms in total. The Labute approximate surface area is 82.0 Å². The maximum absolute atomic E-state index is 11.0. The molecule has 0 atom stereocenters. The van der Waals surface area contributed by atoms with Gasteiger partial charge in [-0.1, -0.05) is 6.07 Å². The molecule has 4 N–H and O–H groups in total. The van der Waals surface area contributed by atoms with Crippen LogP contribution in [0.2, 0.25) is 0 Å². The fraction of sp³-hybridized carbons (Fsp3) is 0.200. The summed E-state index contributed by atoms with van der Waals surface area (Å²) in [5.74, 6) is -0.575. The molecule has 0 unspecified atom stereocenters. The molecule has 0 saturated heterocycles. The summed E-state index contributed by atoms with van der Waals surface area (Å²) in [6.07, 6.45) is 2.06. The normalized spacial score (nSPS) is 10.1. The van der Waals surface area contributed by atoms with Gasteiger partial charge in [0.05, 0.1) is 0 Å². The van der Waals surface area contributed by atoms with E-state index in [-0.39, 0.29) is 17.9 Å². The topological polar surface area (TPSA) is 83.6 Å². The molecular weight excluding hydrogens is 182 g/mol. The summed E-state index contributed by atoms with van der Waals surface area (Å²) < 4.78 is 0. The second kappa shape index (κ2) is 4.62. The Morgan fingerprint density at radius 2 is 2.21 bits per heavy atom. The highest BCUT2D eigenvalue weighted by atomic mass is 16.3. The van der Waals surface area contributed by atoms with E-state index in [0.29, 0.717) is 12.0 Å². The highest BCUT2D eigenvalue weighted by Crippen LogP contribution is 2.17. The third-order valence-corrected chi connectivity index (χ3v) is 1.85. The van der Waals surface area contributed by atoms with Crippen LogP contribution in [0.25, 0.3) is 0 Å². The molecule has 1 aromatic rings. The van der Waals surface area contributed by atoms with Gasteiger partial charge >= 0.3 is 0 Å². The Morgan fingerprint density at radius 3 is 2.79 bits per heavy atom. The number of aromatic hydroxyl groups is 1. The van der Waals surface area contributed by atoms with Gasteiger partial charge in [-0.3, -0.25) is 4.79 Å². The van der Waals surface area contributed by atoms with Crippen LogP contribution in [-0.2, 0) is 6.42 Å². The number of carbonyl (C=O) groups is 1. The summed E-state index contributed by atoms with van der Waals surface area (Å²) in [6.45, 7) is -0.0565. The van der Waals surface area contributed by atoms with E-state index in [1.807, 2.05) is 0 Å². The number of primary amides is 1. The Balaban J connectivity index is 2.96. The van der Waals surface area contributed by atoms with Crippen molar-refractivity contribution < 1.29 is 15.0 Å². The summed E-state index contributed by atoms with van der Waals surface area (Å²) >= 11 is 0. The Bertz CT molecular complexity index is 336. The molecule has 1 aromatic carbocycles. The predicted molar refractivity (Wildman–Crippen MR) is 51.7 cm³/mol. The van der Waals surface area contributed by atoms with Gasteiger partial charge in [-0.25, -0.2) is 0 Å². The van der Waals surface area contributed by atoms with Crippen LogP contribution in [0.3, 0.4) is 0 Å². The van der Waals surface area contributed by atoms with Crippen molar-refractivity contribution in [2.75, 3.05) is 6.61 Å². The average Bonchev–Trinajstić information content (AvgIpc) is 2.15. The van der Waals surface area contributed by atoms with Gasteiger partial charge in [0.15, 0.2) is 0 Å². The van der Waals surface area contributed by atoms with Gasteiger partial charge in [-0.2, -0.15) is 0 Å². The summed E-state index contributed by atoms with van der Waals surface area (Å²) in [6, 6.07) is 4.41. The van der Waals surface area contributed by atoms with E-state index in [1.54, 1.807) is 12.5 Å². The highest BCUT2D eigenvalue weighted by Gasteiger charge is 2.08. The lowest BCUT2D eigenvalue weighted by molar-refractivity contribution is 0.0999. The molecule has 75 valence electrons. The second-order valence-corrected chi connectivity index (χ2v) is 2.88. The minimum atomic E-state index is -0.581. The van der Waals surface area contributed by atoms with Crippen molar-refractivity contribution in [3.63, 3.8) is 0 Å². The molecule has 0 fully saturated rings. The molecule has 0 aromatic heterocycles. The van der Waals surface area contributed by atoms with Crippen LogP contribution < -0.4 is 5.73 Å². The standard InChI is InChI=1S/C10H12NO3/c11-10(14)9-6-8(13)4-3-7(9)2-1-5-12/h1,3-4,6,12-13H,2,5H2,(H2,11,14). The van der Waals surface area contributed by atoms with Gasteiger partial charge in [0.2, 0.25) is 5.91 Å². The van der Waals surface area contributed by atoms with E-state index in [2.05, 4.69) is 0 Å². The lowest BCUT2D eigenvalue weighted by Crippen LogP contribution is -2.14. The largest absolute Gasteiger partial charge is 0.508 e. The van der Waals surface area contributed by atoms with Crippen LogP contribution in [0.1, 0.15) is 15.9 Å². The number of hydrogen-bond acceptors (Lipinski definition) is 3. The van der Waals surface area contributed by atoms with Crippen molar-refractivity contribution in [1.82, 2.24) is 0 Å². The van der Waals surface area contributed by atoms with Crippen molar-refractivity contribution in [2.45, 2.75) is 6.42 Å². The molecule has 0 aliphatic heterocycles. The summed E-state index contributed by atoms with van der Waals surface area (Å²) in [4.78, 5) is 11.0. The van der Waals surface area contributed by atoms with Crippen molar-refractivity contribution in [3.8, 4) is 5.75 Å². The number of benzene rings is 1. The van der Waals surface area contributed by atoms with Crippen LogP contribution in [0.4, 0.5) is 0 Å². The third kappa shape index (κ3) is 2.47. The number of phenolic OH excluding ortho intramolecular Hbond substituents is 1. The second-order valence-electron chi connectivity index (χ2n) is 2.88. The molecule has 0 heterocycles. The maximum Gasteiger partial charge on any atom is 0.249 e. The van der Waals surface area contributed by atoms with Crippen molar-refractivity contribution >= 4 is 5.91 Å². The van der Waals surface area contributed by atoms with Crippen LogP contribution in [-0.4, -0.2) is 22.7 Å². The Hall–Kier alpha value is -1.55. The maximum atomic E-state index is 11.0. The molecule has 0 aliphatic carbocycles. The fourth-order valence-corrected chi connectivity index (χ4v) is 1.19. The van der Waals surface area contributed by atoms with Gasteiger partial charge in [-0.15, -0.1) is 0 Å². The number of amides is 1. The van der Waals surface area contributed by atoms with E-state index in [0.717, 1.165) is 0 Å². The van der Waals surface area contributed by atoms with Crippen LogP contribution in [0.15, 0.2) is 18.2 Å². The molecule has 0 saturated carbocycles. The number of aliphatic hydroxyl groups excluding tert-OH is 1. The first-order valence-electron chi connectivity index (χ1n) is 4.19. The fourth-order valence-electron chi connectivity index (χ4n) is 1.19. The first-order valence-corrected chi connectivity index (χ1v) is 4.19. The van der Waals surface area contributed by atoms with E-state index in [1.165, 1.54) is 12.1 Å². The minimum Gasteiger partial charge on any atom is -0.508 e. The van der Waals surface area contributed by atoms with Gasteiger partial charge in [0.1, 0.15) is 5.75 Å². The first-order chi connectivity index (χ1) is 6.65. The van der Waals surface area contributed by atoms with Gasteiger partial charge in [0.25, 0.3) is 0 Å². The number of phenols is 1. The van der Waals surface area contributed by atoms with E-state index in [4.69, 9.17) is 15.9 Å². The van der Waals surface area contributed by atoms with E-state index < -0.39 is 5.91 Å². The van der Waals surface area contributed by atoms with Crippen LogP contribution >= 0.6 is 0 Å². The van der Waals surface area contributed by atoms with E-state index >= 15 is 0 Å². The zero-order valence-corrected chi connectivity index (χ0v) is 7.60. The number of aliphatic hydroxyl groups is 1. The number of carbonyl (C=O) groups excluding carboxylic acids is 1. The smallest absolute Gasteiger partial charge is 0.249 e. The Kier molecular flexibility index (Phi) is 3.48. The highest BCUT2D eigenvalue weighted by molar-refractivity contribution is 5.94. The molecule has 14 heavy (non-hydrogen) atoms. The molecule has 0 bridgehead atoms. The quantitative estimate of drug-likeness (QED) is 0.641. The molecular formula is C10H12NO3. The third-order valence-electron chi connectivity index (χ3n) is 1.85. The minimum absolute atomic E-state index is 0.00606. The molecule has 0 aliphatic rings. The van der Waals surface area contributed by atoms with Crippen LogP contribution in [0, 0.1) is 6.42 Å². The summed E-state index contributed by atoms with van der Waals surface area (Å²) in [5, 5.41) is 17.7. The number of hydrogen-bond donors (Lipinski definition) is 3. The SMILES string of the molecule is NC(=O)c1cc(O)ccc1C[CH]CO. The number of nitrogens with two attached hydrogens (primary N) is 1. The molecule has 0 spiro atoms. The molecule has 1 amide bonds. The van der Waals surface area contributed by atoms with Gasteiger partial charge in [0, 0.05) is 12.2 Å². The first kappa shape index (κ1) is 10.5. The monoisotopic (exact) mass is 194 g/mol. The van der Waals surface area contributed by atoms with Gasteiger partial charge in [-0.05, 0) is 30.5 Å². The average molecular weight is 194 g/mol. The van der Waals surface area contributed by atoms with Gasteiger partial charge < -0.3 is 15.9 Å². The summed E-state index contributed by atoms with van der Waals surface area (Å²) in [5.41, 5.74) is 6.11. The van der Waals surface area contributed by atoms with Crippen molar-refractivity contribution in [3.05, 3.63) is 35.7 Å². The van der Waals surface area contributed by atoms with Crippen LogP contribution in [0.5, 0.6) is 5.75 Å². The van der Waals surface area contributed by atoms with Crippen molar-refractivity contribution in [2.24, 2.45) is 5.73 Å². The lowest BCUT2D eigenvalue weighted by Gasteiger charge is -2.05. The predicted octanol–water partition coefficient (Wildman–Crippen LogP) is 0.230. The lowest BCUT2D eigenvalue weighted by atomic mass is 10.0. The zero-order valence-electron chi connectivity index (χ0n) is 7.60. The molecule has 4 heteroatoms. The zero-order chi connectivity index (χ0) is 10.6. The molecule has 1 rings (SSSR count). The van der Waals surface area contributed by atoms with E-state index in [9.17, 15) is 4.79 Å². The number of rotatable bonds is 4. The Morgan fingerprint density at radius 1 is 1.50 bits per heavy atom. The van der Waals surface area contributed by atoms with Crippen molar-refractivity contribution in [1.29, 1.82) is 0 Å². The molecule has 1 radical (unpaired) electrons.